The first kappa shape index (κ1) is 16.1. The second-order valence-electron chi connectivity index (χ2n) is 6.23. The number of hydrogen-bond donors (Lipinski definition) is 0. The Hall–Kier alpha value is -2.75. The summed E-state index contributed by atoms with van der Waals surface area (Å²) in [7, 11) is 0. The Bertz CT molecular complexity index is 776. The number of hydrazone groups is 1. The van der Waals surface area contributed by atoms with E-state index in [0.29, 0.717) is 5.92 Å². The number of anilines is 1. The van der Waals surface area contributed by atoms with Gasteiger partial charge in [0.05, 0.1) is 17.1 Å². The fraction of sp³-hybridized carbons (Fsp3) is 0.250. The van der Waals surface area contributed by atoms with Crippen LogP contribution < -0.4 is 5.01 Å². The molecule has 1 aliphatic heterocycles. The van der Waals surface area contributed by atoms with Gasteiger partial charge in [0.1, 0.15) is 5.92 Å². The highest BCUT2D eigenvalue weighted by atomic mass is 16.2. The topological polar surface area (TPSA) is 45.0 Å². The third-order valence-corrected chi connectivity index (χ3v) is 4.12. The third-order valence-electron chi connectivity index (χ3n) is 4.12. The van der Waals surface area contributed by atoms with E-state index in [0.717, 1.165) is 17.1 Å². The van der Waals surface area contributed by atoms with E-state index in [1.165, 1.54) is 10.6 Å². The van der Waals surface area contributed by atoms with Crippen LogP contribution in [0.4, 0.5) is 11.4 Å². The molecule has 1 amide bonds. The molecule has 1 atom stereocenters. The van der Waals surface area contributed by atoms with Gasteiger partial charge in [-0.15, -0.1) is 0 Å². The van der Waals surface area contributed by atoms with Gasteiger partial charge in [0.25, 0.3) is 5.91 Å². The minimum atomic E-state index is -0.407. The van der Waals surface area contributed by atoms with Crippen molar-refractivity contribution in [3.63, 3.8) is 0 Å². The van der Waals surface area contributed by atoms with Crippen LogP contribution in [0.3, 0.4) is 0 Å². The number of carbonyl (C=O) groups is 1. The first-order valence-electron chi connectivity index (χ1n) is 8.14. The second kappa shape index (κ2) is 6.79. The van der Waals surface area contributed by atoms with E-state index in [-0.39, 0.29) is 5.91 Å². The maximum atomic E-state index is 12.6. The Morgan fingerprint density at radius 1 is 1.08 bits per heavy atom. The molecule has 2 aromatic rings. The van der Waals surface area contributed by atoms with Gasteiger partial charge in [0, 0.05) is 6.21 Å². The highest BCUT2D eigenvalue weighted by molar-refractivity contribution is 6.23. The van der Waals surface area contributed by atoms with E-state index in [9.17, 15) is 4.79 Å². The van der Waals surface area contributed by atoms with Gasteiger partial charge >= 0.3 is 0 Å². The molecule has 0 fully saturated rings. The number of amides is 1. The number of para-hydroxylation sites is 1. The van der Waals surface area contributed by atoms with Crippen LogP contribution in [0.15, 0.2) is 64.7 Å². The van der Waals surface area contributed by atoms with Crippen molar-refractivity contribution >= 4 is 29.2 Å². The summed E-state index contributed by atoms with van der Waals surface area (Å²) in [5.41, 5.74) is 3.66. The van der Waals surface area contributed by atoms with Crippen LogP contribution in [-0.2, 0) is 4.79 Å². The van der Waals surface area contributed by atoms with E-state index in [4.69, 9.17) is 0 Å². The van der Waals surface area contributed by atoms with Gasteiger partial charge in [0.2, 0.25) is 0 Å². The maximum absolute atomic E-state index is 12.6. The van der Waals surface area contributed by atoms with Crippen LogP contribution in [0.1, 0.15) is 32.3 Å². The van der Waals surface area contributed by atoms with E-state index >= 15 is 0 Å². The zero-order chi connectivity index (χ0) is 17.1. The monoisotopic (exact) mass is 319 g/mol. The van der Waals surface area contributed by atoms with Crippen LogP contribution in [0.2, 0.25) is 0 Å². The van der Waals surface area contributed by atoms with Crippen LogP contribution >= 0.6 is 0 Å². The summed E-state index contributed by atoms with van der Waals surface area (Å²) in [4.78, 5) is 17.1. The largest absolute Gasteiger partial charge is 0.271 e. The van der Waals surface area contributed by atoms with Gasteiger partial charge < -0.3 is 0 Å². The summed E-state index contributed by atoms with van der Waals surface area (Å²) in [6, 6.07) is 17.6. The Labute approximate surface area is 142 Å². The molecule has 0 N–H and O–H groups in total. The Morgan fingerprint density at radius 2 is 1.75 bits per heavy atom. The lowest BCUT2D eigenvalue weighted by molar-refractivity contribution is -0.118. The molecule has 4 heteroatoms. The zero-order valence-electron chi connectivity index (χ0n) is 14.2. The number of aliphatic imine (C=N–C) groups is 1. The molecule has 1 unspecified atom stereocenters. The SMILES string of the molecule is CC1=NN(c2ccccc2)C(=O)C1C=Nc1ccc(C(C)C)cc1. The lowest BCUT2D eigenvalue weighted by Crippen LogP contribution is -2.27. The Morgan fingerprint density at radius 3 is 2.38 bits per heavy atom. The second-order valence-corrected chi connectivity index (χ2v) is 6.23. The quantitative estimate of drug-likeness (QED) is 0.762. The molecule has 0 saturated heterocycles. The Kier molecular flexibility index (Phi) is 4.56. The minimum Gasteiger partial charge on any atom is -0.271 e. The summed E-state index contributed by atoms with van der Waals surface area (Å²) in [6.45, 7) is 6.18. The van der Waals surface area contributed by atoms with Crippen molar-refractivity contribution in [3.05, 3.63) is 60.2 Å². The maximum Gasteiger partial charge on any atom is 0.261 e. The van der Waals surface area contributed by atoms with Gasteiger partial charge in [-0.3, -0.25) is 9.79 Å². The van der Waals surface area contributed by atoms with E-state index < -0.39 is 5.92 Å². The first-order chi connectivity index (χ1) is 11.6. The fourth-order valence-corrected chi connectivity index (χ4v) is 2.61. The van der Waals surface area contributed by atoms with Gasteiger partial charge in [-0.05, 0) is 42.7 Å². The van der Waals surface area contributed by atoms with Crippen LogP contribution in [0.25, 0.3) is 0 Å². The minimum absolute atomic E-state index is 0.0683. The predicted octanol–water partition coefficient (Wildman–Crippen LogP) is 4.55. The van der Waals surface area contributed by atoms with Crippen molar-refractivity contribution in [1.82, 2.24) is 0 Å². The van der Waals surface area contributed by atoms with Crippen molar-refractivity contribution in [2.75, 3.05) is 5.01 Å². The van der Waals surface area contributed by atoms with E-state index in [2.05, 4.69) is 36.1 Å². The molecule has 2 aromatic carbocycles. The van der Waals surface area contributed by atoms with E-state index in [1.807, 2.05) is 49.4 Å². The molecule has 4 nitrogen and oxygen atoms in total. The smallest absolute Gasteiger partial charge is 0.261 e. The number of hydrogen-bond acceptors (Lipinski definition) is 3. The molecule has 0 aromatic heterocycles. The van der Waals surface area contributed by atoms with Crippen molar-refractivity contribution < 1.29 is 4.79 Å². The molecule has 24 heavy (non-hydrogen) atoms. The number of nitrogens with zero attached hydrogens (tertiary/aromatic N) is 3. The summed E-state index contributed by atoms with van der Waals surface area (Å²) in [5, 5.41) is 5.83. The summed E-state index contributed by atoms with van der Waals surface area (Å²) in [5.74, 6) is 0.0180. The highest BCUT2D eigenvalue weighted by Crippen LogP contribution is 2.24. The van der Waals surface area contributed by atoms with Gasteiger partial charge in [0.15, 0.2) is 0 Å². The normalized spacial score (nSPS) is 17.8. The van der Waals surface area contributed by atoms with Crippen LogP contribution in [-0.4, -0.2) is 17.8 Å². The standard InChI is InChI=1S/C20H21N3O/c1-14(2)16-9-11-17(12-10-16)21-13-19-15(3)22-23(20(19)24)18-7-5-4-6-8-18/h4-14,19H,1-3H3. The van der Waals surface area contributed by atoms with Crippen molar-refractivity contribution in [3.8, 4) is 0 Å². The zero-order valence-corrected chi connectivity index (χ0v) is 14.2. The van der Waals surface area contributed by atoms with Gasteiger partial charge in [-0.25, -0.2) is 0 Å². The molecule has 3 rings (SSSR count). The summed E-state index contributed by atoms with van der Waals surface area (Å²) >= 11 is 0. The molecular formula is C20H21N3O. The van der Waals surface area contributed by atoms with Crippen molar-refractivity contribution in [1.29, 1.82) is 0 Å². The fourth-order valence-electron chi connectivity index (χ4n) is 2.61. The van der Waals surface area contributed by atoms with Crippen molar-refractivity contribution in [2.24, 2.45) is 16.0 Å². The molecule has 0 spiro atoms. The molecule has 0 radical (unpaired) electrons. The average molecular weight is 319 g/mol. The number of benzene rings is 2. The molecule has 122 valence electrons. The third kappa shape index (κ3) is 3.27. The summed E-state index contributed by atoms with van der Waals surface area (Å²) in [6.07, 6.45) is 1.69. The molecule has 0 aliphatic carbocycles. The predicted molar refractivity (Wildman–Crippen MR) is 99.2 cm³/mol. The summed E-state index contributed by atoms with van der Waals surface area (Å²) < 4.78 is 0. The van der Waals surface area contributed by atoms with E-state index in [1.54, 1.807) is 6.21 Å². The molecule has 1 heterocycles. The molecule has 0 bridgehead atoms. The highest BCUT2D eigenvalue weighted by Gasteiger charge is 2.33. The average Bonchev–Trinajstić information content (AvgIpc) is 2.88. The lowest BCUT2D eigenvalue weighted by Gasteiger charge is -2.12. The molecule has 0 saturated carbocycles. The molecule has 1 aliphatic rings. The lowest BCUT2D eigenvalue weighted by atomic mass is 10.0. The number of carbonyl (C=O) groups excluding carboxylic acids is 1. The number of rotatable bonds is 4. The van der Waals surface area contributed by atoms with Gasteiger partial charge in [-0.1, -0.05) is 44.2 Å². The van der Waals surface area contributed by atoms with Gasteiger partial charge in [-0.2, -0.15) is 10.1 Å². The molecular weight excluding hydrogens is 298 g/mol. The van der Waals surface area contributed by atoms with Crippen LogP contribution in [0.5, 0.6) is 0 Å². The Balaban J connectivity index is 1.76. The first-order valence-corrected chi connectivity index (χ1v) is 8.14. The van der Waals surface area contributed by atoms with Crippen molar-refractivity contribution in [2.45, 2.75) is 26.7 Å². The van der Waals surface area contributed by atoms with Crippen LogP contribution in [0, 0.1) is 5.92 Å².